The van der Waals surface area contributed by atoms with Crippen molar-refractivity contribution in [2.75, 3.05) is 6.26 Å². The van der Waals surface area contributed by atoms with E-state index in [2.05, 4.69) is 73.7 Å². The van der Waals surface area contributed by atoms with Crippen LogP contribution in [0.3, 0.4) is 0 Å². The van der Waals surface area contributed by atoms with Crippen molar-refractivity contribution in [1.29, 1.82) is 0 Å². The van der Waals surface area contributed by atoms with Crippen molar-refractivity contribution in [1.82, 2.24) is 9.13 Å². The maximum Gasteiger partial charge on any atom is 0.194 e. The monoisotopic (exact) mass is 690 g/mol. The number of phenols is 2. The van der Waals surface area contributed by atoms with Crippen LogP contribution in [0.1, 0.15) is 43.7 Å². The highest BCUT2D eigenvalue weighted by Crippen LogP contribution is 2.40. The van der Waals surface area contributed by atoms with E-state index in [1.165, 1.54) is 5.56 Å². The summed E-state index contributed by atoms with van der Waals surface area (Å²) in [5.41, 5.74) is 13.1. The van der Waals surface area contributed by atoms with Gasteiger partial charge in [-0.1, -0.05) is 54.1 Å². The number of carbonyl (C=O) groups excluding carboxylic acids is 1. The zero-order valence-electron chi connectivity index (χ0n) is 30.2. The van der Waals surface area contributed by atoms with E-state index >= 15 is 0 Å². The second kappa shape index (κ2) is 13.0. The van der Waals surface area contributed by atoms with E-state index in [1.54, 1.807) is 36.0 Å². The van der Waals surface area contributed by atoms with E-state index in [-0.39, 0.29) is 17.3 Å². The molecule has 0 aliphatic rings. The summed E-state index contributed by atoms with van der Waals surface area (Å²) in [6.45, 7) is 16.9. The van der Waals surface area contributed by atoms with Crippen molar-refractivity contribution >= 4 is 61.2 Å². The van der Waals surface area contributed by atoms with Crippen molar-refractivity contribution in [3.63, 3.8) is 0 Å². The summed E-state index contributed by atoms with van der Waals surface area (Å²) in [5, 5.41) is 25.2. The number of nitrogens with zero attached hydrogens (tertiary/aromatic N) is 2. The minimum atomic E-state index is -0.0766. The summed E-state index contributed by atoms with van der Waals surface area (Å²) in [7, 11) is 0. The van der Waals surface area contributed by atoms with Gasteiger partial charge in [-0.25, -0.2) is 0 Å². The molecule has 51 heavy (non-hydrogen) atoms. The Bertz CT molecular complexity index is 2540. The largest absolute Gasteiger partial charge is 0.508 e. The van der Waals surface area contributed by atoms with Gasteiger partial charge < -0.3 is 19.3 Å². The molecule has 2 aromatic heterocycles. The Kier molecular flexibility index (Phi) is 8.68. The summed E-state index contributed by atoms with van der Waals surface area (Å²) in [6, 6.07) is 22.1. The molecule has 0 saturated heterocycles. The highest BCUT2D eigenvalue weighted by atomic mass is 32.2. The van der Waals surface area contributed by atoms with E-state index in [4.69, 9.17) is 0 Å². The van der Waals surface area contributed by atoms with Gasteiger partial charge in [0.05, 0.1) is 22.1 Å². The van der Waals surface area contributed by atoms with E-state index in [9.17, 15) is 15.0 Å². The number of Topliss-reactive ketones (excluding diaryl/α,β-unsaturated/α-hetero) is 1. The predicted octanol–water partition coefficient (Wildman–Crippen LogP) is 11.4. The van der Waals surface area contributed by atoms with Crippen molar-refractivity contribution in [2.45, 2.75) is 53.0 Å². The number of rotatable bonds is 8. The Hall–Kier alpha value is -5.46. The maximum absolute atomic E-state index is 14.3. The first-order valence-corrected chi connectivity index (χ1v) is 18.3. The first-order valence-electron chi connectivity index (χ1n) is 17.1. The van der Waals surface area contributed by atoms with Crippen LogP contribution in [0.25, 0.3) is 49.3 Å². The minimum Gasteiger partial charge on any atom is -0.508 e. The molecule has 7 aromatic rings. The van der Waals surface area contributed by atoms with Crippen LogP contribution in [0.4, 0.5) is 0 Å². The number of ketones is 1. The molecule has 0 unspecified atom stereocenters. The molecule has 5 nitrogen and oxygen atoms in total. The second-order valence-electron chi connectivity index (χ2n) is 13.7. The van der Waals surface area contributed by atoms with Crippen LogP contribution < -0.4 is 0 Å². The molecule has 7 rings (SSSR count). The van der Waals surface area contributed by atoms with Crippen LogP contribution in [0.2, 0.25) is 0 Å². The molecule has 0 aliphatic heterocycles. The van der Waals surface area contributed by atoms with Gasteiger partial charge in [-0.3, -0.25) is 4.79 Å². The minimum absolute atomic E-state index is 0.0766. The molecule has 0 amide bonds. The fourth-order valence-corrected chi connectivity index (χ4v) is 8.64. The van der Waals surface area contributed by atoms with Crippen LogP contribution in [0, 0.1) is 41.5 Å². The van der Waals surface area contributed by atoms with Gasteiger partial charge >= 0.3 is 0 Å². The SMILES string of the molecule is C=C/C=C(\C=C/Cn1c2c(C)cc(C)cc2c2cc(O)cc(C)c21)C(=O)c1ccc(-n2c3c(C)cc(C)cc3c3cc(O)cc(C)c32)cc1SC. The number of aromatic hydroxyl groups is 2. The molecular formula is C45H42N2O3S. The predicted molar refractivity (Wildman–Crippen MR) is 216 cm³/mol. The Balaban J connectivity index is 1.29. The number of allylic oxidation sites excluding steroid dienone is 5. The molecule has 0 radical (unpaired) electrons. The fraction of sp³-hybridized carbons (Fsp3) is 0.178. The van der Waals surface area contributed by atoms with Crippen LogP contribution in [-0.2, 0) is 6.54 Å². The molecule has 6 heteroatoms. The average Bonchev–Trinajstić information content (AvgIpc) is 3.57. The standard InChI is InChI=1S/C45H42N2O3S/c1-9-11-31(12-10-15-46-41-27(4)16-25(2)18-36(41)38-23-33(48)20-29(6)42(38)46)45(50)35-14-13-32(22-40(35)51-8)47-43-28(5)17-26(3)19-37(43)39-24-34(49)21-30(7)44(39)47/h9-14,16-24,48-49H,1,15H2,2-8H3/b12-10-,31-11+. The van der Waals surface area contributed by atoms with E-state index in [0.29, 0.717) is 17.7 Å². The van der Waals surface area contributed by atoms with Gasteiger partial charge in [0.25, 0.3) is 0 Å². The molecule has 0 bridgehead atoms. The van der Waals surface area contributed by atoms with Gasteiger partial charge in [-0.15, -0.1) is 11.8 Å². The summed E-state index contributed by atoms with van der Waals surface area (Å²) in [4.78, 5) is 15.1. The number of carbonyl (C=O) groups is 1. The van der Waals surface area contributed by atoms with Gasteiger partial charge in [0.1, 0.15) is 11.5 Å². The van der Waals surface area contributed by atoms with E-state index in [1.807, 2.05) is 56.5 Å². The number of phenolic OH excluding ortho intramolecular Hbond substituents is 2. The second-order valence-corrected chi connectivity index (χ2v) is 14.5. The third-order valence-corrected chi connectivity index (χ3v) is 10.6. The van der Waals surface area contributed by atoms with Crippen molar-refractivity contribution < 1.29 is 15.0 Å². The van der Waals surface area contributed by atoms with Gasteiger partial charge in [-0.05, 0) is 125 Å². The molecule has 0 atom stereocenters. The zero-order chi connectivity index (χ0) is 36.3. The quantitative estimate of drug-likeness (QED) is 0.0721. The lowest BCUT2D eigenvalue weighted by Crippen LogP contribution is -2.06. The van der Waals surface area contributed by atoms with Gasteiger partial charge in [0, 0.05) is 49.8 Å². The Labute approximate surface area is 302 Å². The van der Waals surface area contributed by atoms with Gasteiger partial charge in [0.15, 0.2) is 5.78 Å². The van der Waals surface area contributed by atoms with Crippen molar-refractivity contribution in [3.8, 4) is 17.2 Å². The summed E-state index contributed by atoms with van der Waals surface area (Å²) < 4.78 is 4.54. The number of benzene rings is 5. The molecule has 2 heterocycles. The number of aryl methyl sites for hydroxylation is 6. The number of thioether (sulfide) groups is 1. The van der Waals surface area contributed by atoms with Crippen LogP contribution in [0.5, 0.6) is 11.5 Å². The Morgan fingerprint density at radius 2 is 1.22 bits per heavy atom. The number of hydrogen-bond donors (Lipinski definition) is 2. The number of fused-ring (bicyclic) bond motifs is 6. The molecule has 0 fully saturated rings. The normalized spacial score (nSPS) is 12.3. The molecule has 0 spiro atoms. The number of hydrogen-bond acceptors (Lipinski definition) is 4. The van der Waals surface area contributed by atoms with Gasteiger partial charge in [-0.2, -0.15) is 0 Å². The highest BCUT2D eigenvalue weighted by Gasteiger charge is 2.21. The van der Waals surface area contributed by atoms with Gasteiger partial charge in [0.2, 0.25) is 0 Å². The first kappa shape index (κ1) is 34.0. The maximum atomic E-state index is 14.3. The Morgan fingerprint density at radius 3 is 1.80 bits per heavy atom. The Morgan fingerprint density at radius 1 is 0.706 bits per heavy atom. The molecular weight excluding hydrogens is 649 g/mol. The van der Waals surface area contributed by atoms with Crippen LogP contribution in [0.15, 0.2) is 108 Å². The van der Waals surface area contributed by atoms with Crippen molar-refractivity contribution in [2.24, 2.45) is 0 Å². The topological polar surface area (TPSA) is 67.4 Å². The van der Waals surface area contributed by atoms with Crippen LogP contribution in [-0.4, -0.2) is 31.4 Å². The van der Waals surface area contributed by atoms with E-state index < -0.39 is 0 Å². The molecule has 5 aromatic carbocycles. The third kappa shape index (κ3) is 5.74. The lowest BCUT2D eigenvalue weighted by molar-refractivity contribution is 0.103. The summed E-state index contributed by atoms with van der Waals surface area (Å²) in [6.07, 6.45) is 9.36. The molecule has 256 valence electrons. The number of aromatic nitrogens is 2. The molecule has 2 N–H and O–H groups in total. The summed E-state index contributed by atoms with van der Waals surface area (Å²) in [5.74, 6) is 0.424. The van der Waals surface area contributed by atoms with Crippen molar-refractivity contribution in [3.05, 3.63) is 142 Å². The zero-order valence-corrected chi connectivity index (χ0v) is 31.0. The smallest absolute Gasteiger partial charge is 0.194 e. The van der Waals surface area contributed by atoms with Crippen LogP contribution >= 0.6 is 11.8 Å². The first-order chi connectivity index (χ1) is 24.4. The average molecular weight is 691 g/mol. The lowest BCUT2D eigenvalue weighted by atomic mass is 10.0. The van der Waals surface area contributed by atoms with E-state index in [0.717, 1.165) is 82.0 Å². The highest BCUT2D eigenvalue weighted by molar-refractivity contribution is 7.98. The third-order valence-electron chi connectivity index (χ3n) is 9.86. The summed E-state index contributed by atoms with van der Waals surface area (Å²) >= 11 is 1.55. The molecule has 0 saturated carbocycles. The molecule has 0 aliphatic carbocycles. The fourth-order valence-electron chi connectivity index (χ4n) is 8.02. The lowest BCUT2D eigenvalue weighted by Gasteiger charge is -2.15.